The fourth-order valence-corrected chi connectivity index (χ4v) is 4.08. The van der Waals surface area contributed by atoms with Crippen molar-refractivity contribution >= 4 is 52.0 Å². The van der Waals surface area contributed by atoms with Crippen molar-refractivity contribution < 1.29 is 19.6 Å². The molecule has 0 radical (unpaired) electrons. The number of carbonyl (C=O) groups is 2. The van der Waals surface area contributed by atoms with Crippen molar-refractivity contribution in [2.24, 2.45) is 0 Å². The molecule has 1 aliphatic rings. The number of aliphatic hydroxyl groups is 1. The summed E-state index contributed by atoms with van der Waals surface area (Å²) in [5.74, 6) is -2.15. The number of anilines is 1. The van der Waals surface area contributed by atoms with E-state index in [-0.39, 0.29) is 21.8 Å². The van der Waals surface area contributed by atoms with E-state index in [1.54, 1.807) is 30.3 Å². The fraction of sp³-hybridized carbons (Fsp3) is 0.0833. The minimum Gasteiger partial charge on any atom is -0.507 e. The van der Waals surface area contributed by atoms with Gasteiger partial charge in [-0.3, -0.25) is 24.6 Å². The molecule has 0 bridgehead atoms. The van der Waals surface area contributed by atoms with Gasteiger partial charge in [0.1, 0.15) is 5.76 Å². The van der Waals surface area contributed by atoms with E-state index in [0.29, 0.717) is 16.3 Å². The first kappa shape index (κ1) is 22.5. The first-order valence-corrected chi connectivity index (χ1v) is 10.5. The Labute approximate surface area is 198 Å². The topological polar surface area (TPSA) is 101 Å². The number of amides is 1. The third-order valence-corrected chi connectivity index (χ3v) is 6.07. The van der Waals surface area contributed by atoms with E-state index < -0.39 is 28.4 Å². The van der Waals surface area contributed by atoms with Gasteiger partial charge in [0.2, 0.25) is 0 Å². The van der Waals surface area contributed by atoms with Crippen LogP contribution in [0, 0.1) is 17.0 Å². The van der Waals surface area contributed by atoms with Gasteiger partial charge in [-0.2, -0.15) is 0 Å². The minimum atomic E-state index is -0.989. The number of ketones is 1. The highest BCUT2D eigenvalue weighted by Crippen LogP contribution is 2.43. The van der Waals surface area contributed by atoms with Crippen LogP contribution >= 0.6 is 23.2 Å². The molecule has 9 heteroatoms. The molecular weight excluding hydrogens is 467 g/mol. The van der Waals surface area contributed by atoms with E-state index in [2.05, 4.69) is 0 Å². The number of carbonyl (C=O) groups excluding carboxylic acids is 2. The molecule has 4 rings (SSSR count). The average Bonchev–Trinajstić information content (AvgIpc) is 3.06. The molecule has 1 saturated heterocycles. The zero-order chi connectivity index (χ0) is 23.9. The zero-order valence-corrected chi connectivity index (χ0v) is 18.7. The van der Waals surface area contributed by atoms with Crippen molar-refractivity contribution in [3.05, 3.63) is 109 Å². The van der Waals surface area contributed by atoms with E-state index in [1.807, 2.05) is 13.0 Å². The maximum Gasteiger partial charge on any atom is 0.300 e. The van der Waals surface area contributed by atoms with Gasteiger partial charge >= 0.3 is 0 Å². The summed E-state index contributed by atoms with van der Waals surface area (Å²) in [4.78, 5) is 37.9. The summed E-state index contributed by atoms with van der Waals surface area (Å²) < 4.78 is 0. The van der Waals surface area contributed by atoms with E-state index in [9.17, 15) is 24.8 Å². The van der Waals surface area contributed by atoms with Gasteiger partial charge in [-0.15, -0.1) is 0 Å². The molecule has 166 valence electrons. The molecule has 1 unspecified atom stereocenters. The van der Waals surface area contributed by atoms with Crippen molar-refractivity contribution in [2.45, 2.75) is 13.0 Å². The van der Waals surface area contributed by atoms with Crippen LogP contribution in [0.4, 0.5) is 11.4 Å². The molecule has 0 aliphatic carbocycles. The van der Waals surface area contributed by atoms with Crippen LogP contribution in [-0.2, 0) is 9.59 Å². The Balaban J connectivity index is 1.94. The highest BCUT2D eigenvalue weighted by atomic mass is 35.5. The largest absolute Gasteiger partial charge is 0.507 e. The molecule has 1 aliphatic heterocycles. The fourth-order valence-electron chi connectivity index (χ4n) is 3.77. The highest BCUT2D eigenvalue weighted by Gasteiger charge is 2.47. The summed E-state index contributed by atoms with van der Waals surface area (Å²) in [6.45, 7) is 1.85. The van der Waals surface area contributed by atoms with Gasteiger partial charge < -0.3 is 5.11 Å². The smallest absolute Gasteiger partial charge is 0.300 e. The number of nitro benzene ring substituents is 1. The van der Waals surface area contributed by atoms with E-state index >= 15 is 0 Å². The molecule has 7 nitrogen and oxygen atoms in total. The lowest BCUT2D eigenvalue weighted by molar-refractivity contribution is -0.384. The second-order valence-corrected chi connectivity index (χ2v) is 8.30. The maximum atomic E-state index is 13.1. The number of rotatable bonds is 4. The molecule has 1 N–H and O–H groups in total. The van der Waals surface area contributed by atoms with Crippen LogP contribution in [0.25, 0.3) is 5.76 Å². The lowest BCUT2D eigenvalue weighted by Crippen LogP contribution is -2.29. The van der Waals surface area contributed by atoms with Gasteiger partial charge in [0, 0.05) is 23.4 Å². The van der Waals surface area contributed by atoms with E-state index in [1.165, 1.54) is 35.2 Å². The summed E-state index contributed by atoms with van der Waals surface area (Å²) in [6, 6.07) is 15.8. The normalized spacial score (nSPS) is 17.4. The standard InChI is InChI=1S/C24H16Cl2N2O5/c1-13-3-2-4-17(11-13)27-21(15-7-10-18(25)19(26)12-15)20(23(30)24(27)31)22(29)14-5-8-16(9-6-14)28(32)33/h2-12,21,29H,1H3/b22-20-. The number of non-ortho nitro benzene ring substituents is 1. The predicted molar refractivity (Wildman–Crippen MR) is 126 cm³/mol. The molecule has 1 atom stereocenters. The molecule has 1 amide bonds. The molecule has 0 saturated carbocycles. The van der Waals surface area contributed by atoms with Gasteiger partial charge in [-0.25, -0.2) is 0 Å². The molecule has 0 spiro atoms. The number of Topliss-reactive ketones (excluding diaryl/α,β-unsaturated/α-hetero) is 1. The van der Waals surface area contributed by atoms with Gasteiger partial charge in [0.15, 0.2) is 0 Å². The Morgan fingerprint density at radius 2 is 1.70 bits per heavy atom. The lowest BCUT2D eigenvalue weighted by atomic mass is 9.95. The summed E-state index contributed by atoms with van der Waals surface area (Å²) in [7, 11) is 0. The van der Waals surface area contributed by atoms with Gasteiger partial charge in [-0.1, -0.05) is 41.4 Å². The summed E-state index contributed by atoms with van der Waals surface area (Å²) >= 11 is 12.3. The number of hydrogen-bond donors (Lipinski definition) is 1. The Morgan fingerprint density at radius 3 is 2.30 bits per heavy atom. The molecule has 3 aromatic rings. The molecule has 0 aromatic heterocycles. The third kappa shape index (κ3) is 4.08. The second-order valence-electron chi connectivity index (χ2n) is 7.49. The SMILES string of the molecule is Cc1cccc(N2C(=O)C(=O)/C(=C(\O)c3ccc([N+](=O)[O-])cc3)C2c2ccc(Cl)c(Cl)c2)c1. The molecule has 1 fully saturated rings. The summed E-state index contributed by atoms with van der Waals surface area (Å²) in [6.07, 6.45) is 0. The lowest BCUT2D eigenvalue weighted by Gasteiger charge is -2.26. The van der Waals surface area contributed by atoms with Gasteiger partial charge in [0.05, 0.1) is 26.6 Å². The number of benzene rings is 3. The molecule has 33 heavy (non-hydrogen) atoms. The van der Waals surface area contributed by atoms with Crippen molar-refractivity contribution in [1.82, 2.24) is 0 Å². The number of aryl methyl sites for hydroxylation is 1. The number of halogens is 2. The average molecular weight is 483 g/mol. The second kappa shape index (κ2) is 8.69. The van der Waals surface area contributed by atoms with E-state index in [4.69, 9.17) is 23.2 Å². The van der Waals surface area contributed by atoms with Crippen molar-refractivity contribution in [3.63, 3.8) is 0 Å². The first-order valence-electron chi connectivity index (χ1n) is 9.76. The van der Waals surface area contributed by atoms with Crippen molar-refractivity contribution in [2.75, 3.05) is 4.90 Å². The summed E-state index contributed by atoms with van der Waals surface area (Å²) in [5.41, 5.74) is 1.64. The van der Waals surface area contributed by atoms with Gasteiger partial charge in [-0.05, 0) is 54.4 Å². The number of nitro groups is 1. The third-order valence-electron chi connectivity index (χ3n) is 5.34. The number of hydrogen-bond acceptors (Lipinski definition) is 5. The monoisotopic (exact) mass is 482 g/mol. The first-order chi connectivity index (χ1) is 15.7. The maximum absolute atomic E-state index is 13.1. The Bertz CT molecular complexity index is 1330. The molecule has 1 heterocycles. The van der Waals surface area contributed by atoms with Crippen LogP contribution in [-0.4, -0.2) is 21.7 Å². The van der Waals surface area contributed by atoms with Gasteiger partial charge in [0.25, 0.3) is 17.4 Å². The predicted octanol–water partition coefficient (Wildman–Crippen LogP) is 5.84. The van der Waals surface area contributed by atoms with Crippen LogP contribution in [0.3, 0.4) is 0 Å². The molecular formula is C24H16Cl2N2O5. The Kier molecular flexibility index (Phi) is 5.93. The summed E-state index contributed by atoms with van der Waals surface area (Å²) in [5, 5.41) is 22.5. The van der Waals surface area contributed by atoms with Crippen molar-refractivity contribution in [1.29, 1.82) is 0 Å². The van der Waals surface area contributed by atoms with Crippen LogP contribution in [0.5, 0.6) is 0 Å². The van der Waals surface area contributed by atoms with Crippen LogP contribution in [0.2, 0.25) is 10.0 Å². The Hall–Kier alpha value is -3.68. The van der Waals surface area contributed by atoms with Crippen molar-refractivity contribution in [3.8, 4) is 0 Å². The highest BCUT2D eigenvalue weighted by molar-refractivity contribution is 6.51. The van der Waals surface area contributed by atoms with Crippen LogP contribution in [0.15, 0.2) is 72.3 Å². The number of nitrogens with zero attached hydrogens (tertiary/aromatic N) is 2. The quantitative estimate of drug-likeness (QED) is 0.165. The van der Waals surface area contributed by atoms with Crippen LogP contribution in [0.1, 0.15) is 22.7 Å². The van der Waals surface area contributed by atoms with Crippen LogP contribution < -0.4 is 4.90 Å². The van der Waals surface area contributed by atoms with E-state index in [0.717, 1.165) is 5.56 Å². The Morgan fingerprint density at radius 1 is 1.00 bits per heavy atom. The zero-order valence-electron chi connectivity index (χ0n) is 17.2. The molecule has 3 aromatic carbocycles. The minimum absolute atomic E-state index is 0.159. The number of aliphatic hydroxyl groups excluding tert-OH is 1.